The van der Waals surface area contributed by atoms with Crippen LogP contribution in [0.4, 0.5) is 0 Å². The molecule has 1 aliphatic carbocycles. The number of aromatic nitrogens is 2. The molecule has 1 aliphatic rings. The van der Waals surface area contributed by atoms with Gasteiger partial charge in [-0.2, -0.15) is 0 Å². The van der Waals surface area contributed by atoms with E-state index in [1.807, 2.05) is 30.6 Å². The summed E-state index contributed by atoms with van der Waals surface area (Å²) >= 11 is 6.15. The van der Waals surface area contributed by atoms with Gasteiger partial charge in [-0.1, -0.05) is 29.8 Å². The van der Waals surface area contributed by atoms with Crippen molar-refractivity contribution in [3.63, 3.8) is 0 Å². The molecule has 1 saturated carbocycles. The van der Waals surface area contributed by atoms with Gasteiger partial charge in [0.25, 0.3) is 0 Å². The maximum absolute atomic E-state index is 6.15. The number of nitrogens with one attached hydrogen (secondary N) is 1. The Kier molecular flexibility index (Phi) is 3.35. The molecule has 1 aromatic heterocycles. The van der Waals surface area contributed by atoms with Crippen molar-refractivity contribution in [1.29, 1.82) is 0 Å². The molecule has 0 spiro atoms. The van der Waals surface area contributed by atoms with E-state index in [0.29, 0.717) is 0 Å². The summed E-state index contributed by atoms with van der Waals surface area (Å²) < 4.78 is 2.07. The first-order valence-corrected chi connectivity index (χ1v) is 6.66. The minimum absolute atomic E-state index is 0.721. The van der Waals surface area contributed by atoms with Crippen molar-refractivity contribution in [3.8, 4) is 0 Å². The van der Waals surface area contributed by atoms with Gasteiger partial charge in [0.1, 0.15) is 0 Å². The lowest BCUT2D eigenvalue weighted by molar-refractivity contribution is 0.676. The Bertz CT molecular complexity index is 531. The maximum Gasteiger partial charge on any atom is 0.0953 e. The number of halogens is 1. The largest absolute Gasteiger partial charge is 0.333 e. The molecule has 2 aromatic rings. The normalized spacial score (nSPS) is 14.9. The van der Waals surface area contributed by atoms with Gasteiger partial charge >= 0.3 is 0 Å². The number of rotatable bonds is 5. The summed E-state index contributed by atoms with van der Waals surface area (Å²) in [6.45, 7) is 1.64. The monoisotopic (exact) mass is 261 g/mol. The number of nitrogens with zero attached hydrogens (tertiary/aromatic N) is 2. The van der Waals surface area contributed by atoms with Crippen LogP contribution in [0.3, 0.4) is 0 Å². The van der Waals surface area contributed by atoms with Crippen molar-refractivity contribution in [3.05, 3.63) is 53.1 Å². The topological polar surface area (TPSA) is 29.9 Å². The van der Waals surface area contributed by atoms with E-state index in [4.69, 9.17) is 11.6 Å². The fraction of sp³-hybridized carbons (Fsp3) is 0.357. The molecule has 0 saturated heterocycles. The first-order chi connectivity index (χ1) is 8.81. The van der Waals surface area contributed by atoms with Crippen molar-refractivity contribution >= 4 is 11.6 Å². The van der Waals surface area contributed by atoms with Crippen LogP contribution in [0.2, 0.25) is 5.02 Å². The van der Waals surface area contributed by atoms with E-state index in [1.165, 1.54) is 12.8 Å². The Hall–Kier alpha value is -1.32. The summed E-state index contributed by atoms with van der Waals surface area (Å²) in [6.07, 6.45) is 6.56. The Balaban J connectivity index is 1.63. The number of benzene rings is 1. The van der Waals surface area contributed by atoms with Gasteiger partial charge in [-0.25, -0.2) is 4.98 Å². The van der Waals surface area contributed by atoms with Crippen LogP contribution < -0.4 is 5.32 Å². The zero-order valence-electron chi connectivity index (χ0n) is 10.1. The van der Waals surface area contributed by atoms with Crippen LogP contribution in [0.5, 0.6) is 0 Å². The first-order valence-electron chi connectivity index (χ1n) is 6.29. The van der Waals surface area contributed by atoms with Crippen LogP contribution in [0.1, 0.15) is 24.1 Å². The van der Waals surface area contributed by atoms with Gasteiger partial charge in [0.15, 0.2) is 0 Å². The highest BCUT2D eigenvalue weighted by molar-refractivity contribution is 6.31. The molecule has 3 nitrogen and oxygen atoms in total. The zero-order valence-corrected chi connectivity index (χ0v) is 10.9. The third kappa shape index (κ3) is 2.92. The lowest BCUT2D eigenvalue weighted by atomic mass is 10.2. The molecule has 0 bridgehead atoms. The van der Waals surface area contributed by atoms with Crippen LogP contribution in [0, 0.1) is 0 Å². The molecule has 0 amide bonds. The van der Waals surface area contributed by atoms with Crippen molar-refractivity contribution < 1.29 is 0 Å². The third-order valence-corrected chi connectivity index (χ3v) is 3.52. The standard InChI is InChI=1S/C14H16ClN3/c15-14-4-2-1-3-11(14)8-18-9-13(17-10-18)7-16-12-5-6-12/h1-4,9-10,12,16H,5-8H2. The molecular weight excluding hydrogens is 246 g/mol. The molecule has 3 rings (SSSR count). The van der Waals surface area contributed by atoms with Crippen molar-refractivity contribution in [2.24, 2.45) is 0 Å². The smallest absolute Gasteiger partial charge is 0.0953 e. The predicted molar refractivity (Wildman–Crippen MR) is 72.6 cm³/mol. The summed E-state index contributed by atoms with van der Waals surface area (Å²) in [5, 5.41) is 4.27. The lowest BCUT2D eigenvalue weighted by Gasteiger charge is -2.04. The van der Waals surface area contributed by atoms with E-state index in [9.17, 15) is 0 Å². The highest BCUT2D eigenvalue weighted by atomic mass is 35.5. The lowest BCUT2D eigenvalue weighted by Crippen LogP contribution is -2.15. The van der Waals surface area contributed by atoms with Gasteiger partial charge in [0, 0.05) is 30.4 Å². The molecule has 94 valence electrons. The third-order valence-electron chi connectivity index (χ3n) is 3.15. The van der Waals surface area contributed by atoms with E-state index < -0.39 is 0 Å². The van der Waals surface area contributed by atoms with E-state index >= 15 is 0 Å². The van der Waals surface area contributed by atoms with Gasteiger partial charge in [-0.15, -0.1) is 0 Å². The fourth-order valence-corrected chi connectivity index (χ4v) is 2.14. The average molecular weight is 262 g/mol. The summed E-state index contributed by atoms with van der Waals surface area (Å²) in [6, 6.07) is 8.64. The number of imidazole rings is 1. The zero-order chi connectivity index (χ0) is 12.4. The fourth-order valence-electron chi connectivity index (χ4n) is 1.94. The maximum atomic E-state index is 6.15. The predicted octanol–water partition coefficient (Wildman–Crippen LogP) is 2.84. The van der Waals surface area contributed by atoms with Crippen LogP contribution in [0.15, 0.2) is 36.8 Å². The molecule has 1 N–H and O–H groups in total. The summed E-state index contributed by atoms with van der Waals surface area (Å²) in [4.78, 5) is 4.40. The molecule has 1 fully saturated rings. The Morgan fingerprint density at radius 3 is 2.94 bits per heavy atom. The molecular formula is C14H16ClN3. The van der Waals surface area contributed by atoms with E-state index in [2.05, 4.69) is 21.1 Å². The minimum Gasteiger partial charge on any atom is -0.333 e. The van der Waals surface area contributed by atoms with Crippen LogP contribution >= 0.6 is 11.6 Å². The van der Waals surface area contributed by atoms with Crippen molar-refractivity contribution in [2.75, 3.05) is 0 Å². The minimum atomic E-state index is 0.721. The Morgan fingerprint density at radius 2 is 2.17 bits per heavy atom. The number of hydrogen-bond acceptors (Lipinski definition) is 2. The summed E-state index contributed by atoms with van der Waals surface area (Å²) in [5.74, 6) is 0. The van der Waals surface area contributed by atoms with Gasteiger partial charge in [0.2, 0.25) is 0 Å². The molecule has 4 heteroatoms. The van der Waals surface area contributed by atoms with Gasteiger partial charge in [0.05, 0.1) is 12.0 Å². The summed E-state index contributed by atoms with van der Waals surface area (Å²) in [7, 11) is 0. The van der Waals surface area contributed by atoms with E-state index in [-0.39, 0.29) is 0 Å². The van der Waals surface area contributed by atoms with Gasteiger partial charge < -0.3 is 9.88 Å². The molecule has 0 atom stereocenters. The van der Waals surface area contributed by atoms with Crippen LogP contribution in [-0.2, 0) is 13.1 Å². The van der Waals surface area contributed by atoms with Gasteiger partial charge in [-0.05, 0) is 24.5 Å². The quantitative estimate of drug-likeness (QED) is 0.897. The summed E-state index contributed by atoms with van der Waals surface area (Å²) in [5.41, 5.74) is 2.22. The SMILES string of the molecule is Clc1ccccc1Cn1cnc(CNC2CC2)c1. The molecule has 0 aliphatic heterocycles. The molecule has 18 heavy (non-hydrogen) atoms. The average Bonchev–Trinajstić information content (AvgIpc) is 3.10. The van der Waals surface area contributed by atoms with Crippen molar-refractivity contribution in [2.45, 2.75) is 32.0 Å². The Morgan fingerprint density at radius 1 is 1.33 bits per heavy atom. The second-order valence-corrected chi connectivity index (χ2v) is 5.19. The van der Waals surface area contributed by atoms with Gasteiger partial charge in [-0.3, -0.25) is 0 Å². The second kappa shape index (κ2) is 5.12. The number of hydrogen-bond donors (Lipinski definition) is 1. The van der Waals surface area contributed by atoms with Crippen LogP contribution in [0.25, 0.3) is 0 Å². The van der Waals surface area contributed by atoms with E-state index in [0.717, 1.165) is 35.4 Å². The Labute approximate surface area is 112 Å². The molecule has 1 heterocycles. The second-order valence-electron chi connectivity index (χ2n) is 4.78. The molecule has 0 radical (unpaired) electrons. The van der Waals surface area contributed by atoms with E-state index in [1.54, 1.807) is 0 Å². The molecule has 1 aromatic carbocycles. The first kappa shape index (κ1) is 11.8. The highest BCUT2D eigenvalue weighted by Gasteiger charge is 2.20. The van der Waals surface area contributed by atoms with Crippen molar-refractivity contribution in [1.82, 2.24) is 14.9 Å². The van der Waals surface area contributed by atoms with Crippen LogP contribution in [-0.4, -0.2) is 15.6 Å². The molecule has 0 unspecified atom stereocenters. The highest BCUT2D eigenvalue weighted by Crippen LogP contribution is 2.19.